The van der Waals surface area contributed by atoms with Crippen LogP contribution in [-0.4, -0.2) is 34.0 Å². The maximum Gasteiger partial charge on any atom is 0.151 e. The zero-order valence-electron chi connectivity index (χ0n) is 8.30. The molecule has 14 heavy (non-hydrogen) atoms. The van der Waals surface area contributed by atoms with E-state index < -0.39 is 0 Å². The highest BCUT2D eigenvalue weighted by Gasteiger charge is 2.26. The van der Waals surface area contributed by atoms with Crippen molar-refractivity contribution >= 4 is 5.82 Å². The minimum absolute atomic E-state index is 0.139. The molecule has 1 fully saturated rings. The molecule has 1 aromatic rings. The first-order chi connectivity index (χ1) is 6.79. The van der Waals surface area contributed by atoms with Crippen LogP contribution in [0.1, 0.15) is 19.8 Å². The van der Waals surface area contributed by atoms with Crippen molar-refractivity contribution in [2.45, 2.75) is 31.9 Å². The van der Waals surface area contributed by atoms with E-state index in [2.05, 4.69) is 15.1 Å². The van der Waals surface area contributed by atoms with Crippen molar-refractivity contribution in [2.75, 3.05) is 11.4 Å². The van der Waals surface area contributed by atoms with Gasteiger partial charge in [0.05, 0.1) is 12.1 Å². The Hall–Kier alpha value is -1.16. The van der Waals surface area contributed by atoms with Crippen LogP contribution >= 0.6 is 0 Å². The van der Waals surface area contributed by atoms with Crippen LogP contribution in [0.2, 0.25) is 0 Å². The van der Waals surface area contributed by atoms with E-state index in [4.69, 9.17) is 0 Å². The van der Waals surface area contributed by atoms with Gasteiger partial charge in [-0.25, -0.2) is 0 Å². The predicted octanol–water partition coefficient (Wildman–Crippen LogP) is 0.826. The van der Waals surface area contributed by atoms with Gasteiger partial charge in [-0.1, -0.05) is 0 Å². The molecule has 4 nitrogen and oxygen atoms in total. The molecular weight excluding hydrogens is 178 g/mol. The van der Waals surface area contributed by atoms with Crippen molar-refractivity contribution in [3.05, 3.63) is 18.3 Å². The monoisotopic (exact) mass is 193 g/mol. The van der Waals surface area contributed by atoms with E-state index in [0.717, 1.165) is 25.2 Å². The number of aromatic nitrogens is 2. The zero-order chi connectivity index (χ0) is 9.97. The molecule has 0 aliphatic carbocycles. The molecule has 76 valence electrons. The van der Waals surface area contributed by atoms with Crippen LogP contribution in [0.5, 0.6) is 0 Å². The summed E-state index contributed by atoms with van der Waals surface area (Å²) < 4.78 is 0. The number of piperidine rings is 1. The van der Waals surface area contributed by atoms with Gasteiger partial charge in [-0.3, -0.25) is 0 Å². The van der Waals surface area contributed by atoms with Gasteiger partial charge in [0, 0.05) is 12.7 Å². The van der Waals surface area contributed by atoms with Gasteiger partial charge in [-0.2, -0.15) is 5.10 Å². The van der Waals surface area contributed by atoms with Gasteiger partial charge >= 0.3 is 0 Å². The molecule has 2 heterocycles. The third-order valence-corrected chi connectivity index (χ3v) is 2.80. The Morgan fingerprint density at radius 3 is 3.14 bits per heavy atom. The molecular formula is C10H15N3O. The van der Waals surface area contributed by atoms with Crippen LogP contribution in [0.25, 0.3) is 0 Å². The van der Waals surface area contributed by atoms with Crippen LogP contribution in [0.4, 0.5) is 5.82 Å². The van der Waals surface area contributed by atoms with E-state index in [1.54, 1.807) is 6.20 Å². The number of rotatable bonds is 1. The molecule has 1 N–H and O–H groups in total. The van der Waals surface area contributed by atoms with E-state index in [1.165, 1.54) is 0 Å². The van der Waals surface area contributed by atoms with Gasteiger partial charge in [0.15, 0.2) is 5.82 Å². The molecule has 0 amide bonds. The maximum absolute atomic E-state index is 9.72. The van der Waals surface area contributed by atoms with Gasteiger partial charge in [0.25, 0.3) is 0 Å². The molecule has 1 aliphatic rings. The summed E-state index contributed by atoms with van der Waals surface area (Å²) in [5.41, 5.74) is 0. The third kappa shape index (κ3) is 1.70. The molecule has 2 unspecified atom stereocenters. The minimum Gasteiger partial charge on any atom is -0.391 e. The minimum atomic E-state index is -0.245. The van der Waals surface area contributed by atoms with E-state index in [1.807, 2.05) is 19.1 Å². The summed E-state index contributed by atoms with van der Waals surface area (Å²) >= 11 is 0. The lowest BCUT2D eigenvalue weighted by Crippen LogP contribution is -2.46. The molecule has 4 heteroatoms. The van der Waals surface area contributed by atoms with Gasteiger partial charge in [0.2, 0.25) is 0 Å². The number of aliphatic hydroxyl groups excluding tert-OH is 1. The van der Waals surface area contributed by atoms with Crippen molar-refractivity contribution in [1.82, 2.24) is 10.2 Å². The molecule has 0 saturated carbocycles. The maximum atomic E-state index is 9.72. The molecule has 0 spiro atoms. The Labute approximate surface area is 83.6 Å². The summed E-state index contributed by atoms with van der Waals surface area (Å²) in [7, 11) is 0. The average Bonchev–Trinajstić information content (AvgIpc) is 2.23. The van der Waals surface area contributed by atoms with Crippen molar-refractivity contribution in [3.8, 4) is 0 Å². The fourth-order valence-corrected chi connectivity index (χ4v) is 1.89. The molecule has 0 bridgehead atoms. The van der Waals surface area contributed by atoms with Gasteiger partial charge in [0.1, 0.15) is 0 Å². The highest BCUT2D eigenvalue weighted by molar-refractivity contribution is 5.38. The van der Waals surface area contributed by atoms with Crippen molar-refractivity contribution in [1.29, 1.82) is 0 Å². The van der Waals surface area contributed by atoms with Gasteiger partial charge in [-0.15, -0.1) is 5.10 Å². The average molecular weight is 193 g/mol. The second-order valence-electron chi connectivity index (χ2n) is 3.73. The molecule has 0 radical (unpaired) electrons. The summed E-state index contributed by atoms with van der Waals surface area (Å²) in [6.45, 7) is 2.98. The number of anilines is 1. The molecule has 1 saturated heterocycles. The lowest BCUT2D eigenvalue weighted by molar-refractivity contribution is 0.119. The summed E-state index contributed by atoms with van der Waals surface area (Å²) in [5, 5.41) is 17.6. The molecule has 1 aromatic heterocycles. The largest absolute Gasteiger partial charge is 0.391 e. The number of nitrogens with zero attached hydrogens (tertiary/aromatic N) is 3. The smallest absolute Gasteiger partial charge is 0.151 e. The highest BCUT2D eigenvalue weighted by atomic mass is 16.3. The van der Waals surface area contributed by atoms with Crippen LogP contribution in [0.15, 0.2) is 18.3 Å². The van der Waals surface area contributed by atoms with Crippen LogP contribution in [0.3, 0.4) is 0 Å². The van der Waals surface area contributed by atoms with Crippen molar-refractivity contribution in [3.63, 3.8) is 0 Å². The van der Waals surface area contributed by atoms with E-state index in [9.17, 15) is 5.11 Å². The SMILES string of the molecule is CC1C(O)CCCN1c1cccnn1. The Balaban J connectivity index is 2.17. The molecule has 2 rings (SSSR count). The highest BCUT2D eigenvalue weighted by Crippen LogP contribution is 2.22. The van der Waals surface area contributed by atoms with E-state index in [0.29, 0.717) is 0 Å². The van der Waals surface area contributed by atoms with Crippen molar-refractivity contribution in [2.24, 2.45) is 0 Å². The van der Waals surface area contributed by atoms with Gasteiger partial charge < -0.3 is 10.0 Å². The normalized spacial score (nSPS) is 27.7. The fraction of sp³-hybridized carbons (Fsp3) is 0.600. The van der Waals surface area contributed by atoms with Crippen LogP contribution in [0, 0.1) is 0 Å². The second-order valence-corrected chi connectivity index (χ2v) is 3.73. The van der Waals surface area contributed by atoms with Crippen molar-refractivity contribution < 1.29 is 5.11 Å². The Morgan fingerprint density at radius 1 is 1.57 bits per heavy atom. The Kier molecular flexibility index (Phi) is 2.63. The van der Waals surface area contributed by atoms with Crippen LogP contribution < -0.4 is 4.90 Å². The number of aliphatic hydroxyl groups is 1. The quantitative estimate of drug-likeness (QED) is 0.717. The van der Waals surface area contributed by atoms with E-state index in [-0.39, 0.29) is 12.1 Å². The standard InChI is InChI=1S/C10H15N3O/c1-8-9(14)4-3-7-13(8)10-5-2-6-11-12-10/h2,5-6,8-9,14H,3-4,7H2,1H3. The fourth-order valence-electron chi connectivity index (χ4n) is 1.89. The Bertz CT molecular complexity index is 291. The van der Waals surface area contributed by atoms with E-state index >= 15 is 0 Å². The first-order valence-electron chi connectivity index (χ1n) is 5.01. The lowest BCUT2D eigenvalue weighted by atomic mass is 10.0. The third-order valence-electron chi connectivity index (χ3n) is 2.80. The molecule has 2 atom stereocenters. The summed E-state index contributed by atoms with van der Waals surface area (Å²) in [5.74, 6) is 0.860. The van der Waals surface area contributed by atoms with Crippen LogP contribution in [-0.2, 0) is 0 Å². The molecule has 1 aliphatic heterocycles. The first kappa shape index (κ1) is 9.40. The second kappa shape index (κ2) is 3.92. The number of hydrogen-bond acceptors (Lipinski definition) is 4. The lowest BCUT2D eigenvalue weighted by Gasteiger charge is -2.37. The number of hydrogen-bond donors (Lipinski definition) is 1. The Morgan fingerprint density at radius 2 is 2.43 bits per heavy atom. The topological polar surface area (TPSA) is 49.2 Å². The zero-order valence-corrected chi connectivity index (χ0v) is 8.30. The summed E-state index contributed by atoms with van der Waals surface area (Å²) in [4.78, 5) is 2.11. The first-order valence-corrected chi connectivity index (χ1v) is 5.01. The molecule has 0 aromatic carbocycles. The van der Waals surface area contributed by atoms with Gasteiger partial charge in [-0.05, 0) is 31.9 Å². The summed E-state index contributed by atoms with van der Waals surface area (Å²) in [6.07, 6.45) is 3.32. The summed E-state index contributed by atoms with van der Waals surface area (Å²) in [6, 6.07) is 3.94. The predicted molar refractivity (Wildman–Crippen MR) is 54.1 cm³/mol.